The maximum absolute atomic E-state index is 12.0. The first-order chi connectivity index (χ1) is 15.9. The van der Waals surface area contributed by atoms with Gasteiger partial charge in [-0.15, -0.1) is 11.6 Å². The first-order valence-electron chi connectivity index (χ1n) is 10.0. The molecule has 2 aromatic heterocycles. The summed E-state index contributed by atoms with van der Waals surface area (Å²) in [5, 5.41) is 13.2. The molecule has 6 nitrogen and oxygen atoms in total. The number of rotatable bonds is 3. The fourth-order valence-electron chi connectivity index (χ4n) is 2.69. The van der Waals surface area contributed by atoms with E-state index in [1.54, 1.807) is 30.3 Å². The van der Waals surface area contributed by atoms with Gasteiger partial charge in [-0.3, -0.25) is 9.59 Å². The van der Waals surface area contributed by atoms with Gasteiger partial charge in [0.15, 0.2) is 10.3 Å². The van der Waals surface area contributed by atoms with Gasteiger partial charge in [0.25, 0.3) is 11.1 Å². The second-order valence-corrected chi connectivity index (χ2v) is 7.53. The van der Waals surface area contributed by atoms with Gasteiger partial charge in [-0.05, 0) is 26.0 Å². The highest BCUT2D eigenvalue weighted by Gasteiger charge is 2.07. The molecule has 0 atom stereocenters. The molecular weight excluding hydrogens is 483 g/mol. The minimum absolute atomic E-state index is 0.113. The predicted molar refractivity (Wildman–Crippen MR) is 139 cm³/mol. The molecule has 0 saturated carbocycles. The van der Waals surface area contributed by atoms with Gasteiger partial charge in [-0.2, -0.15) is 10.2 Å². The number of hydrogen-bond acceptors (Lipinski definition) is 4. The third kappa shape index (κ3) is 7.29. The van der Waals surface area contributed by atoms with Crippen molar-refractivity contribution in [2.24, 2.45) is 0 Å². The Bertz CT molecular complexity index is 1380. The molecule has 2 aromatic carbocycles. The molecule has 0 fully saturated rings. The highest BCUT2D eigenvalue weighted by atomic mass is 35.5. The van der Waals surface area contributed by atoms with Crippen molar-refractivity contribution in [1.82, 2.24) is 20.0 Å². The van der Waals surface area contributed by atoms with E-state index in [1.807, 2.05) is 56.4 Å². The van der Waals surface area contributed by atoms with Crippen molar-refractivity contribution in [1.29, 1.82) is 0 Å². The predicted octanol–water partition coefficient (Wildman–Crippen LogP) is 6.00. The van der Waals surface area contributed by atoms with Crippen molar-refractivity contribution in [2.45, 2.75) is 20.4 Å². The third-order valence-corrected chi connectivity index (χ3v) is 5.06. The van der Waals surface area contributed by atoms with Crippen LogP contribution in [0, 0.1) is 0 Å². The Morgan fingerprint density at radius 3 is 1.91 bits per heavy atom. The van der Waals surface area contributed by atoms with Gasteiger partial charge in [-0.1, -0.05) is 83.9 Å². The van der Waals surface area contributed by atoms with E-state index in [2.05, 4.69) is 15.3 Å². The lowest BCUT2D eigenvalue weighted by Gasteiger charge is -2.04. The Hall–Kier alpha value is -2.93. The zero-order valence-corrected chi connectivity index (χ0v) is 20.4. The molecule has 0 amide bonds. The van der Waals surface area contributed by atoms with E-state index in [9.17, 15) is 9.59 Å². The van der Waals surface area contributed by atoms with Crippen LogP contribution in [0.4, 0.5) is 0 Å². The maximum atomic E-state index is 12.0. The van der Waals surface area contributed by atoms with Crippen LogP contribution in [0.2, 0.25) is 10.3 Å². The molecular formula is C24H23Cl3N4O2. The average molecular weight is 506 g/mol. The van der Waals surface area contributed by atoms with Crippen LogP contribution in [0.5, 0.6) is 0 Å². The summed E-state index contributed by atoms with van der Waals surface area (Å²) in [6.07, 6.45) is 7.55. The van der Waals surface area contributed by atoms with E-state index in [1.165, 1.54) is 4.68 Å². The van der Waals surface area contributed by atoms with Crippen molar-refractivity contribution in [3.05, 3.63) is 104 Å². The number of benzene rings is 2. The molecule has 0 aliphatic heterocycles. The van der Waals surface area contributed by atoms with Crippen LogP contribution in [-0.2, 0) is 6.54 Å². The number of aromatic amines is 1. The standard InChI is InChI=1S/C12H11ClN2O.C8H5ClN2O.C4H7Cl/c1-2-3-8-15-12(16)10-7-5-4-6-9(10)11(13)14-15;9-7-5-3-1-2-4-6(5)8(12)11-10-7;1-2-3-4-5/h2-7H,8H2,1H3;1-4H,(H,11,12);2-3H,4H2,1H3/b3-2+;;3-2+. The smallest absolute Gasteiger partial charge is 0.267 e. The van der Waals surface area contributed by atoms with Crippen LogP contribution in [0.3, 0.4) is 0 Å². The number of allylic oxidation sites excluding steroid dienone is 4. The average Bonchev–Trinajstić information content (AvgIpc) is 2.84. The van der Waals surface area contributed by atoms with Crippen LogP contribution in [0.1, 0.15) is 13.8 Å². The topological polar surface area (TPSA) is 80.6 Å². The number of alkyl halides is 1. The van der Waals surface area contributed by atoms with Crippen LogP contribution >= 0.6 is 34.8 Å². The van der Waals surface area contributed by atoms with Crippen molar-refractivity contribution < 1.29 is 0 Å². The first kappa shape index (κ1) is 26.3. The maximum Gasteiger partial charge on any atom is 0.275 e. The van der Waals surface area contributed by atoms with E-state index >= 15 is 0 Å². The fourth-order valence-corrected chi connectivity index (χ4v) is 3.33. The minimum Gasteiger partial charge on any atom is -0.267 e. The van der Waals surface area contributed by atoms with E-state index in [0.29, 0.717) is 44.3 Å². The molecule has 4 rings (SSSR count). The second kappa shape index (κ2) is 13.6. The lowest BCUT2D eigenvalue weighted by Crippen LogP contribution is -2.22. The molecule has 0 spiro atoms. The SMILES string of the molecule is C/C=C/CCl.C/C=C/Cn1nc(Cl)c2ccccc2c1=O.O=c1[nH]nc(Cl)c2ccccc12. The normalized spacial score (nSPS) is 10.8. The second-order valence-electron chi connectivity index (χ2n) is 6.51. The summed E-state index contributed by atoms with van der Waals surface area (Å²) in [6.45, 7) is 4.29. The zero-order chi connectivity index (χ0) is 24.2. The van der Waals surface area contributed by atoms with Crippen LogP contribution in [-0.4, -0.2) is 25.9 Å². The number of H-pyrrole nitrogens is 1. The molecule has 0 unspecified atom stereocenters. The summed E-state index contributed by atoms with van der Waals surface area (Å²) in [4.78, 5) is 23.1. The summed E-state index contributed by atoms with van der Waals surface area (Å²) >= 11 is 17.0. The van der Waals surface area contributed by atoms with E-state index in [-0.39, 0.29) is 11.1 Å². The van der Waals surface area contributed by atoms with Crippen molar-refractivity contribution >= 4 is 56.3 Å². The molecule has 33 heavy (non-hydrogen) atoms. The van der Waals surface area contributed by atoms with Crippen molar-refractivity contribution in [3.63, 3.8) is 0 Å². The van der Waals surface area contributed by atoms with Gasteiger partial charge in [0.2, 0.25) is 0 Å². The summed E-state index contributed by atoms with van der Waals surface area (Å²) in [6, 6.07) is 14.3. The quantitative estimate of drug-likeness (QED) is 0.273. The van der Waals surface area contributed by atoms with Gasteiger partial charge in [0.05, 0.1) is 17.3 Å². The number of halogens is 3. The number of nitrogens with zero attached hydrogens (tertiary/aromatic N) is 3. The highest BCUT2D eigenvalue weighted by Crippen LogP contribution is 2.17. The number of aromatic nitrogens is 4. The lowest BCUT2D eigenvalue weighted by molar-refractivity contribution is 0.660. The first-order valence-corrected chi connectivity index (χ1v) is 11.3. The molecule has 9 heteroatoms. The largest absolute Gasteiger partial charge is 0.275 e. The molecule has 172 valence electrons. The number of fused-ring (bicyclic) bond motifs is 2. The molecule has 0 radical (unpaired) electrons. The monoisotopic (exact) mass is 504 g/mol. The van der Waals surface area contributed by atoms with Crippen molar-refractivity contribution in [2.75, 3.05) is 5.88 Å². The van der Waals surface area contributed by atoms with Crippen LogP contribution in [0.15, 0.2) is 82.4 Å². The van der Waals surface area contributed by atoms with Gasteiger partial charge < -0.3 is 0 Å². The molecule has 4 aromatic rings. The minimum atomic E-state index is -0.213. The highest BCUT2D eigenvalue weighted by molar-refractivity contribution is 6.34. The number of hydrogen-bond donors (Lipinski definition) is 1. The Labute approximate surface area is 206 Å². The van der Waals surface area contributed by atoms with Gasteiger partial charge in [-0.25, -0.2) is 9.78 Å². The Morgan fingerprint density at radius 2 is 1.39 bits per heavy atom. The number of nitrogens with one attached hydrogen (secondary N) is 1. The molecule has 0 bridgehead atoms. The summed E-state index contributed by atoms with van der Waals surface area (Å²) in [5.41, 5.74) is -0.326. The van der Waals surface area contributed by atoms with E-state index < -0.39 is 0 Å². The fraction of sp³-hybridized carbons (Fsp3) is 0.167. The molecule has 2 heterocycles. The third-order valence-electron chi connectivity index (χ3n) is 4.31. The summed E-state index contributed by atoms with van der Waals surface area (Å²) < 4.78 is 1.37. The summed E-state index contributed by atoms with van der Waals surface area (Å²) in [5.74, 6) is 0.635. The molecule has 0 aliphatic carbocycles. The zero-order valence-electron chi connectivity index (χ0n) is 18.1. The van der Waals surface area contributed by atoms with E-state index in [0.717, 1.165) is 0 Å². The lowest BCUT2D eigenvalue weighted by atomic mass is 10.2. The van der Waals surface area contributed by atoms with Crippen molar-refractivity contribution in [3.8, 4) is 0 Å². The Balaban J connectivity index is 0.000000200. The van der Waals surface area contributed by atoms with Gasteiger partial charge in [0, 0.05) is 16.7 Å². The van der Waals surface area contributed by atoms with Crippen LogP contribution < -0.4 is 11.1 Å². The summed E-state index contributed by atoms with van der Waals surface area (Å²) in [7, 11) is 0. The Morgan fingerprint density at radius 1 is 0.848 bits per heavy atom. The van der Waals surface area contributed by atoms with E-state index in [4.69, 9.17) is 34.8 Å². The van der Waals surface area contributed by atoms with Crippen LogP contribution in [0.25, 0.3) is 21.5 Å². The van der Waals surface area contributed by atoms with Gasteiger partial charge in [0.1, 0.15) is 0 Å². The molecule has 0 saturated heterocycles. The van der Waals surface area contributed by atoms with Gasteiger partial charge >= 0.3 is 0 Å². The molecule has 1 N–H and O–H groups in total. The molecule has 0 aliphatic rings. The Kier molecular flexibility index (Phi) is 10.8.